The van der Waals surface area contributed by atoms with E-state index in [9.17, 15) is 0 Å². The van der Waals surface area contributed by atoms with Crippen LogP contribution in [-0.2, 0) is 0 Å². The van der Waals surface area contributed by atoms with Gasteiger partial charge in [-0.05, 0) is 152 Å². The van der Waals surface area contributed by atoms with Crippen LogP contribution in [0.3, 0.4) is 0 Å². The highest BCUT2D eigenvalue weighted by molar-refractivity contribution is 6.19. The van der Waals surface area contributed by atoms with Gasteiger partial charge < -0.3 is 0 Å². The fraction of sp³-hybridized carbons (Fsp3) is 0. The van der Waals surface area contributed by atoms with Crippen LogP contribution >= 0.6 is 0 Å². The van der Waals surface area contributed by atoms with Crippen molar-refractivity contribution in [1.82, 2.24) is 29.9 Å². The molecule has 0 amide bonds. The molecule has 6 heteroatoms. The molecular weight excluding hydrogens is 1530 g/mol. The molecule has 0 spiro atoms. The van der Waals surface area contributed by atoms with Crippen molar-refractivity contribution in [2.45, 2.75) is 0 Å². The number of hydrogen-bond donors (Lipinski definition) is 0. The van der Waals surface area contributed by atoms with Crippen LogP contribution in [0.1, 0.15) is 0 Å². The Morgan fingerprint density at radius 2 is 0.325 bits per heavy atom. The predicted octanol–water partition coefficient (Wildman–Crippen LogP) is 31.8. The number of fused-ring (bicyclic) bond motifs is 12. The lowest BCUT2D eigenvalue weighted by atomic mass is 9.91. The second kappa shape index (κ2) is 33.3. The van der Waals surface area contributed by atoms with Gasteiger partial charge in [0.05, 0.1) is 33.6 Å². The summed E-state index contributed by atoms with van der Waals surface area (Å²) in [5, 5.41) is 17.5. The third-order valence-corrected chi connectivity index (χ3v) is 24.2. The van der Waals surface area contributed by atoms with Gasteiger partial charge in [0, 0.05) is 65.7 Å². The van der Waals surface area contributed by atoms with Crippen molar-refractivity contribution in [3.05, 3.63) is 473 Å². The van der Waals surface area contributed by atoms with Crippen molar-refractivity contribution in [2.24, 2.45) is 0 Å². The highest BCUT2D eigenvalue weighted by Crippen LogP contribution is 2.46. The van der Waals surface area contributed by atoms with Gasteiger partial charge in [0.1, 0.15) is 0 Å². The molecular formula is C120H78N6. The predicted molar refractivity (Wildman–Crippen MR) is 529 cm³/mol. The molecule has 3 aromatic heterocycles. The molecule has 24 rings (SSSR count). The molecule has 0 radical (unpaired) electrons. The Balaban J connectivity index is 0.000000112. The van der Waals surface area contributed by atoms with Crippen LogP contribution in [0, 0.1) is 0 Å². The Hall–Kier alpha value is -16.8. The van der Waals surface area contributed by atoms with Crippen molar-refractivity contribution in [3.63, 3.8) is 0 Å². The van der Waals surface area contributed by atoms with Crippen molar-refractivity contribution >= 4 is 97.3 Å². The van der Waals surface area contributed by atoms with Gasteiger partial charge in [0.15, 0.2) is 17.5 Å². The maximum Gasteiger partial charge on any atom is 0.160 e. The van der Waals surface area contributed by atoms with Gasteiger partial charge in [-0.15, -0.1) is 0 Å². The highest BCUT2D eigenvalue weighted by Gasteiger charge is 2.23. The summed E-state index contributed by atoms with van der Waals surface area (Å²) in [5.74, 6) is 2.19. The molecule has 0 aliphatic rings. The Labute approximate surface area is 730 Å². The SMILES string of the molecule is c1ccc(-c2cc3c(-c4ccccc4)nc(-c4cccc(-c5cccc6ccccc56)c4)nc3c3ccccc23)cc1.c1ccc(-c2nc(-c3cccc(-c4cccc5ccccc45)c3)c3cc(-c4ccccc4)c4ccccc4c3n2)cc1.c1ccc(-c2nc(-c3ccccc3)c3cc(-c4cccc(-c5cccc6ccccc56)c4)c4ccccc4c3n2)cc1. The summed E-state index contributed by atoms with van der Waals surface area (Å²) >= 11 is 0. The van der Waals surface area contributed by atoms with E-state index >= 15 is 0 Å². The molecule has 21 aromatic carbocycles. The minimum Gasteiger partial charge on any atom is -0.227 e. The molecule has 3 heterocycles. The van der Waals surface area contributed by atoms with E-state index in [0.29, 0.717) is 0 Å². The van der Waals surface area contributed by atoms with Gasteiger partial charge in [-0.1, -0.05) is 437 Å². The normalized spacial score (nSPS) is 11.3. The van der Waals surface area contributed by atoms with Gasteiger partial charge in [-0.3, -0.25) is 0 Å². The van der Waals surface area contributed by atoms with E-state index in [-0.39, 0.29) is 0 Å². The third kappa shape index (κ3) is 14.5. The lowest BCUT2D eigenvalue weighted by Crippen LogP contribution is -1.97. The van der Waals surface area contributed by atoms with E-state index in [2.05, 4.69) is 425 Å². The molecule has 6 nitrogen and oxygen atoms in total. The van der Waals surface area contributed by atoms with E-state index in [1.807, 2.05) is 48.5 Å². The summed E-state index contributed by atoms with van der Waals surface area (Å²) in [6.07, 6.45) is 0. The number of nitrogens with zero attached hydrogens (tertiary/aromatic N) is 6. The summed E-state index contributed by atoms with van der Waals surface area (Å²) in [4.78, 5) is 31.4. The smallest absolute Gasteiger partial charge is 0.160 e. The monoisotopic (exact) mass is 1600 g/mol. The first-order valence-electron chi connectivity index (χ1n) is 42.8. The lowest BCUT2D eigenvalue weighted by Gasteiger charge is -2.16. The topological polar surface area (TPSA) is 77.3 Å². The summed E-state index contributed by atoms with van der Waals surface area (Å²) in [7, 11) is 0. The van der Waals surface area contributed by atoms with E-state index in [0.717, 1.165) is 122 Å². The highest BCUT2D eigenvalue weighted by atomic mass is 14.9. The summed E-state index contributed by atoms with van der Waals surface area (Å²) in [6.45, 7) is 0. The van der Waals surface area contributed by atoms with E-state index < -0.39 is 0 Å². The molecule has 0 saturated carbocycles. The zero-order chi connectivity index (χ0) is 83.6. The second-order valence-corrected chi connectivity index (χ2v) is 31.8. The summed E-state index contributed by atoms with van der Waals surface area (Å²) < 4.78 is 0. The van der Waals surface area contributed by atoms with Gasteiger partial charge in [-0.25, -0.2) is 29.9 Å². The standard InChI is InChI=1S/3C40H26N2/c1-3-14-28(15-4-1)38-37-26-36(31-20-11-19-30(25-31)33-24-12-18-27-13-7-8-21-32(27)33)34-22-9-10-23-35(34)39(37)42-40(41-38)29-16-5-2-6-17-29;1-3-13-28(14-4-1)36-26-37-38(31-20-11-19-30(25-31)33-24-12-18-27-15-7-8-21-32(27)33)41-40(29-16-5-2-6-17-29)42-39(37)35-23-10-9-22-34(35)36;1-3-13-28(14-4-1)36-26-37-38(29-16-5-2-6-17-29)41-40(42-39(37)35-23-10-9-22-34(35)36)31-20-11-19-30(25-31)33-24-12-18-27-15-7-8-21-32(27)33/h3*1-26H. The van der Waals surface area contributed by atoms with Gasteiger partial charge in [-0.2, -0.15) is 0 Å². The lowest BCUT2D eigenvalue weighted by molar-refractivity contribution is 1.23. The minimum absolute atomic E-state index is 0.723. The van der Waals surface area contributed by atoms with E-state index in [1.165, 1.54) is 110 Å². The Bertz CT molecular complexity index is 8190. The van der Waals surface area contributed by atoms with Crippen LogP contribution in [0.5, 0.6) is 0 Å². The molecule has 0 saturated heterocycles. The van der Waals surface area contributed by atoms with Gasteiger partial charge in [0.2, 0.25) is 0 Å². The molecule has 0 N–H and O–H groups in total. The van der Waals surface area contributed by atoms with Gasteiger partial charge in [0.25, 0.3) is 0 Å². The first-order chi connectivity index (χ1) is 62.5. The van der Waals surface area contributed by atoms with E-state index in [1.54, 1.807) is 0 Å². The van der Waals surface area contributed by atoms with Crippen LogP contribution in [0.2, 0.25) is 0 Å². The maximum absolute atomic E-state index is 5.28. The fourth-order valence-electron chi connectivity index (χ4n) is 18.2. The largest absolute Gasteiger partial charge is 0.227 e. The molecule has 0 aliphatic heterocycles. The molecule has 0 bridgehead atoms. The van der Waals surface area contributed by atoms with Crippen molar-refractivity contribution < 1.29 is 0 Å². The first kappa shape index (κ1) is 75.4. The first-order valence-corrected chi connectivity index (χ1v) is 42.8. The zero-order valence-corrected chi connectivity index (χ0v) is 68.7. The molecule has 126 heavy (non-hydrogen) atoms. The summed E-state index contributed by atoms with van der Waals surface area (Å²) in [6, 6.07) is 167. The van der Waals surface area contributed by atoms with Crippen molar-refractivity contribution in [1.29, 1.82) is 0 Å². The minimum atomic E-state index is 0.723. The van der Waals surface area contributed by atoms with Gasteiger partial charge >= 0.3 is 0 Å². The number of aromatic nitrogens is 6. The van der Waals surface area contributed by atoms with Crippen LogP contribution in [-0.4, -0.2) is 29.9 Å². The average Bonchev–Trinajstić information content (AvgIpc) is 0.739. The van der Waals surface area contributed by atoms with Crippen LogP contribution in [0.4, 0.5) is 0 Å². The zero-order valence-electron chi connectivity index (χ0n) is 68.7. The molecule has 0 atom stereocenters. The Morgan fingerprint density at radius 1 is 0.111 bits per heavy atom. The van der Waals surface area contributed by atoms with Crippen LogP contribution < -0.4 is 0 Å². The van der Waals surface area contributed by atoms with E-state index in [4.69, 9.17) is 29.9 Å². The van der Waals surface area contributed by atoms with Crippen LogP contribution in [0.15, 0.2) is 473 Å². The molecule has 0 aliphatic carbocycles. The molecule has 24 aromatic rings. The molecule has 588 valence electrons. The molecule has 0 unspecified atom stereocenters. The fourth-order valence-corrected chi connectivity index (χ4v) is 18.2. The Kier molecular flexibility index (Phi) is 19.9. The quantitative estimate of drug-likeness (QED) is 0.113. The van der Waals surface area contributed by atoms with Crippen molar-refractivity contribution in [2.75, 3.05) is 0 Å². The summed E-state index contributed by atoms with van der Waals surface area (Å²) in [5.41, 5.74) is 26.2. The number of rotatable bonds is 12. The second-order valence-electron chi connectivity index (χ2n) is 31.8. The Morgan fingerprint density at radius 3 is 0.675 bits per heavy atom. The van der Waals surface area contributed by atoms with Crippen LogP contribution in [0.25, 0.3) is 232 Å². The number of hydrogen-bond acceptors (Lipinski definition) is 6. The average molecular weight is 1600 g/mol. The third-order valence-electron chi connectivity index (χ3n) is 24.2. The number of benzene rings is 21. The molecule has 0 fully saturated rings. The van der Waals surface area contributed by atoms with Crippen molar-refractivity contribution in [3.8, 4) is 135 Å². The maximum atomic E-state index is 5.28.